The molecule has 0 aliphatic carbocycles. The minimum absolute atomic E-state index is 0.107. The molecule has 0 radical (unpaired) electrons. The average Bonchev–Trinajstić information content (AvgIpc) is 2.71. The first-order chi connectivity index (χ1) is 9.28. The fourth-order valence-electron chi connectivity index (χ4n) is 2.89. The molecular weight excluding hydrogens is 352 g/mol. The molecule has 0 amide bonds. The Morgan fingerprint density at radius 3 is 2.65 bits per heavy atom. The lowest BCUT2D eigenvalue weighted by atomic mass is 9.83. The number of thiophene rings is 1. The van der Waals surface area contributed by atoms with Crippen molar-refractivity contribution in [2.45, 2.75) is 45.9 Å². The summed E-state index contributed by atoms with van der Waals surface area (Å²) < 4.78 is 2.47. The van der Waals surface area contributed by atoms with Gasteiger partial charge in [-0.2, -0.15) is 0 Å². The quantitative estimate of drug-likeness (QED) is 0.489. The maximum atomic E-state index is 6.69. The van der Waals surface area contributed by atoms with Crippen molar-refractivity contribution in [2.75, 3.05) is 0 Å². The molecule has 0 fully saturated rings. The van der Waals surface area contributed by atoms with E-state index < -0.39 is 0 Å². The highest BCUT2D eigenvalue weighted by Crippen LogP contribution is 2.40. The number of fused-ring (bicyclic) bond motifs is 1. The van der Waals surface area contributed by atoms with Crippen molar-refractivity contribution in [3.63, 3.8) is 0 Å². The summed E-state index contributed by atoms with van der Waals surface area (Å²) in [7, 11) is 0. The molecule has 0 saturated carbocycles. The molecule has 0 nitrogen and oxygen atoms in total. The van der Waals surface area contributed by atoms with Gasteiger partial charge in [0.05, 0.1) is 5.38 Å². The Labute approximate surface area is 139 Å². The van der Waals surface area contributed by atoms with Crippen LogP contribution in [0.1, 0.15) is 51.5 Å². The summed E-state index contributed by atoms with van der Waals surface area (Å²) in [6, 6.07) is 6.36. The van der Waals surface area contributed by atoms with Crippen LogP contribution in [-0.2, 0) is 0 Å². The second-order valence-corrected chi connectivity index (χ2v) is 9.14. The van der Waals surface area contributed by atoms with Gasteiger partial charge in [0.1, 0.15) is 0 Å². The van der Waals surface area contributed by atoms with Crippen LogP contribution in [0.2, 0.25) is 0 Å². The van der Waals surface area contributed by atoms with Gasteiger partial charge in [-0.05, 0) is 62.5 Å². The van der Waals surface area contributed by atoms with Gasteiger partial charge in [-0.25, -0.2) is 0 Å². The molecule has 1 aromatic carbocycles. The smallest absolute Gasteiger partial charge is 0.0602 e. The Morgan fingerprint density at radius 2 is 2.00 bits per heavy atom. The summed E-state index contributed by atoms with van der Waals surface area (Å²) in [5.74, 6) is 0.639. The summed E-state index contributed by atoms with van der Waals surface area (Å²) in [5, 5.41) is 3.62. The Bertz CT molecular complexity index is 582. The Morgan fingerprint density at radius 1 is 1.30 bits per heavy atom. The van der Waals surface area contributed by atoms with Gasteiger partial charge in [-0.15, -0.1) is 22.9 Å². The molecule has 0 aliphatic heterocycles. The first-order valence-electron chi connectivity index (χ1n) is 7.07. The second-order valence-electron chi connectivity index (χ2n) is 6.88. The molecule has 2 unspecified atom stereocenters. The van der Waals surface area contributed by atoms with E-state index in [4.69, 9.17) is 11.6 Å². The molecule has 1 aromatic heterocycles. The summed E-state index contributed by atoms with van der Waals surface area (Å²) >= 11 is 12.1. The minimum Gasteiger partial charge on any atom is -0.142 e. The maximum Gasteiger partial charge on any atom is 0.0602 e. The van der Waals surface area contributed by atoms with Gasteiger partial charge < -0.3 is 0 Å². The topological polar surface area (TPSA) is 0 Å². The van der Waals surface area contributed by atoms with E-state index in [1.807, 2.05) is 0 Å². The Balaban J connectivity index is 2.16. The van der Waals surface area contributed by atoms with Crippen LogP contribution in [0.15, 0.2) is 28.1 Å². The van der Waals surface area contributed by atoms with Crippen molar-refractivity contribution in [2.24, 2.45) is 11.3 Å². The highest BCUT2D eigenvalue weighted by atomic mass is 79.9. The number of alkyl halides is 1. The normalized spacial score (nSPS) is 15.5. The van der Waals surface area contributed by atoms with E-state index in [-0.39, 0.29) is 5.38 Å². The van der Waals surface area contributed by atoms with Crippen molar-refractivity contribution < 1.29 is 0 Å². The molecule has 0 saturated heterocycles. The number of hydrogen-bond acceptors (Lipinski definition) is 1. The lowest BCUT2D eigenvalue weighted by molar-refractivity contribution is 0.295. The second kappa shape index (κ2) is 6.37. The SMILES string of the molecule is CC(CC(Cl)c1csc2c(Br)cccc12)CC(C)(C)C. The van der Waals surface area contributed by atoms with E-state index in [1.54, 1.807) is 11.3 Å². The van der Waals surface area contributed by atoms with Crippen LogP contribution in [0, 0.1) is 11.3 Å². The molecule has 3 heteroatoms. The standard InChI is InChI=1S/C17H22BrClS/c1-11(9-17(2,3)4)8-15(19)13-10-20-16-12(13)6-5-7-14(16)18/h5-7,10-11,15H,8-9H2,1-4H3. The van der Waals surface area contributed by atoms with E-state index in [1.165, 1.54) is 22.1 Å². The molecule has 20 heavy (non-hydrogen) atoms. The van der Waals surface area contributed by atoms with Crippen molar-refractivity contribution in [1.82, 2.24) is 0 Å². The van der Waals surface area contributed by atoms with Crippen molar-refractivity contribution in [3.05, 3.63) is 33.6 Å². The van der Waals surface area contributed by atoms with Gasteiger partial charge in [-0.1, -0.05) is 39.8 Å². The zero-order chi connectivity index (χ0) is 14.9. The third-order valence-electron chi connectivity index (χ3n) is 3.49. The van der Waals surface area contributed by atoms with Crippen molar-refractivity contribution in [3.8, 4) is 0 Å². The van der Waals surface area contributed by atoms with E-state index in [0.29, 0.717) is 11.3 Å². The van der Waals surface area contributed by atoms with E-state index in [9.17, 15) is 0 Å². The molecule has 110 valence electrons. The Hall–Kier alpha value is -0.0500. The van der Waals surface area contributed by atoms with Crippen LogP contribution in [0.25, 0.3) is 10.1 Å². The van der Waals surface area contributed by atoms with Crippen LogP contribution in [0.5, 0.6) is 0 Å². The van der Waals surface area contributed by atoms with Gasteiger partial charge in [-0.3, -0.25) is 0 Å². The lowest BCUT2D eigenvalue weighted by Crippen LogP contribution is -2.12. The zero-order valence-corrected chi connectivity index (χ0v) is 15.7. The molecular formula is C17H22BrClS. The Kier molecular flexibility index (Phi) is 5.20. The predicted octanol–water partition coefficient (Wildman–Crippen LogP) is 7.41. The molecule has 0 spiro atoms. The van der Waals surface area contributed by atoms with Gasteiger partial charge in [0.2, 0.25) is 0 Å². The highest BCUT2D eigenvalue weighted by molar-refractivity contribution is 9.10. The molecule has 2 atom stereocenters. The first-order valence-corrected chi connectivity index (χ1v) is 9.18. The molecule has 1 heterocycles. The van der Waals surface area contributed by atoms with E-state index >= 15 is 0 Å². The van der Waals surface area contributed by atoms with Crippen LogP contribution in [-0.4, -0.2) is 0 Å². The van der Waals surface area contributed by atoms with Crippen molar-refractivity contribution >= 4 is 49.0 Å². The van der Waals surface area contributed by atoms with Crippen molar-refractivity contribution in [1.29, 1.82) is 0 Å². The monoisotopic (exact) mass is 372 g/mol. The summed E-state index contributed by atoms with van der Waals surface area (Å²) in [6.07, 6.45) is 2.25. The average molecular weight is 374 g/mol. The fraction of sp³-hybridized carbons (Fsp3) is 0.529. The van der Waals surface area contributed by atoms with Crippen LogP contribution in [0.4, 0.5) is 0 Å². The molecule has 2 aromatic rings. The van der Waals surface area contributed by atoms with E-state index in [0.717, 1.165) is 10.9 Å². The van der Waals surface area contributed by atoms with Crippen LogP contribution >= 0.6 is 38.9 Å². The van der Waals surface area contributed by atoms with Gasteiger partial charge in [0.15, 0.2) is 0 Å². The van der Waals surface area contributed by atoms with Gasteiger partial charge in [0, 0.05) is 9.17 Å². The third kappa shape index (κ3) is 3.99. The van der Waals surface area contributed by atoms with Gasteiger partial charge >= 0.3 is 0 Å². The predicted molar refractivity (Wildman–Crippen MR) is 96.0 cm³/mol. The number of halogens is 2. The number of rotatable bonds is 4. The van der Waals surface area contributed by atoms with Crippen LogP contribution in [0.3, 0.4) is 0 Å². The third-order valence-corrected chi connectivity index (χ3v) is 5.87. The molecule has 0 bridgehead atoms. The zero-order valence-electron chi connectivity index (χ0n) is 12.5. The summed E-state index contributed by atoms with van der Waals surface area (Å²) in [4.78, 5) is 0. The first kappa shape index (κ1) is 16.3. The van der Waals surface area contributed by atoms with E-state index in [2.05, 4.69) is 67.2 Å². The number of benzene rings is 1. The lowest BCUT2D eigenvalue weighted by Gasteiger charge is -2.24. The minimum atomic E-state index is 0.107. The molecule has 2 rings (SSSR count). The summed E-state index contributed by atoms with van der Waals surface area (Å²) in [6.45, 7) is 9.20. The maximum absolute atomic E-state index is 6.69. The number of hydrogen-bond donors (Lipinski definition) is 0. The molecule has 0 aliphatic rings. The van der Waals surface area contributed by atoms with Crippen LogP contribution < -0.4 is 0 Å². The highest BCUT2D eigenvalue weighted by Gasteiger charge is 2.21. The molecule has 0 N–H and O–H groups in total. The van der Waals surface area contributed by atoms with Gasteiger partial charge in [0.25, 0.3) is 0 Å². The largest absolute Gasteiger partial charge is 0.142 e. The fourth-order valence-corrected chi connectivity index (χ4v) is 5.13. The summed E-state index contributed by atoms with van der Waals surface area (Å²) in [5.41, 5.74) is 1.66.